The van der Waals surface area contributed by atoms with Gasteiger partial charge in [0.1, 0.15) is 23.4 Å². The fourth-order valence-electron chi connectivity index (χ4n) is 2.96. The molecule has 0 amide bonds. The van der Waals surface area contributed by atoms with Crippen LogP contribution in [0.5, 0.6) is 0 Å². The molecule has 15 nitrogen and oxygen atoms in total. The van der Waals surface area contributed by atoms with Crippen LogP contribution in [0.3, 0.4) is 0 Å². The van der Waals surface area contributed by atoms with Crippen LogP contribution in [0.25, 0.3) is 0 Å². The molecule has 2 aromatic rings. The summed E-state index contributed by atoms with van der Waals surface area (Å²) >= 11 is 5.38. The van der Waals surface area contributed by atoms with Crippen LogP contribution < -0.4 is 118 Å². The SMILES string of the molecule is CN1CCN(c2ccc([N+](=O)[O-])cn2)CC1.CN1CCNCC1.O=CO[O-].O=[N+]([O-])c1ccc(Cl)nc1.[H-].[K+].[K+]. The van der Waals surface area contributed by atoms with Gasteiger partial charge in [-0.25, -0.2) is 9.97 Å². The van der Waals surface area contributed by atoms with E-state index in [1.807, 2.05) is 0 Å². The standard InChI is InChI=1S/C10H14N4O2.C5H3ClN2O2.C5H12N2.CH2O3.2K.H/c1-12-4-6-13(7-5-12)10-3-2-9(8-11-10)14(15)16;6-5-2-1-4(3-7-5)8(9)10;1-7-4-2-6-3-5-7;2-1-4-3;;;/h2-3,8H,4-7H2,1H3;1-3H;6H,2-5H2,1H3;1,3H;;;/q;;;;2*+1;-1/p-1. The molecule has 0 atom stereocenters. The van der Waals surface area contributed by atoms with Crippen LogP contribution >= 0.6 is 11.6 Å². The molecule has 2 saturated heterocycles. The Kier molecular flexibility index (Phi) is 25.6. The number of carbonyl (C=O) groups excluding carboxylic acids is 1. The van der Waals surface area contributed by atoms with Crippen LogP contribution in [-0.2, 0) is 9.68 Å². The van der Waals surface area contributed by atoms with Crippen LogP contribution in [-0.4, -0.2) is 103 Å². The molecule has 4 heterocycles. The summed E-state index contributed by atoms with van der Waals surface area (Å²) in [5.41, 5.74) is -0.0118. The average molecular weight is 621 g/mol. The molecule has 18 heteroatoms. The predicted octanol–water partition coefficient (Wildman–Crippen LogP) is -5.54. The predicted molar refractivity (Wildman–Crippen MR) is 135 cm³/mol. The Labute approximate surface area is 318 Å². The van der Waals surface area contributed by atoms with Crippen LogP contribution in [0.2, 0.25) is 5.15 Å². The summed E-state index contributed by atoms with van der Waals surface area (Å²) in [6.07, 6.45) is 2.43. The fourth-order valence-corrected chi connectivity index (χ4v) is 3.07. The van der Waals surface area contributed by atoms with Crippen molar-refractivity contribution >= 4 is 35.3 Å². The van der Waals surface area contributed by atoms with Crippen LogP contribution in [0.15, 0.2) is 36.7 Å². The van der Waals surface area contributed by atoms with Crippen molar-refractivity contribution in [2.75, 3.05) is 71.4 Å². The smallest absolute Gasteiger partial charge is 1.00 e. The topological polar surface area (TPSA) is 183 Å². The Hall–Kier alpha value is -0.227. The van der Waals surface area contributed by atoms with Crippen molar-refractivity contribution in [1.82, 2.24) is 25.1 Å². The normalized spacial score (nSPS) is 14.6. The summed E-state index contributed by atoms with van der Waals surface area (Å²) in [6, 6.07) is 5.89. The molecule has 2 aromatic heterocycles. The minimum Gasteiger partial charge on any atom is -1.00 e. The van der Waals surface area contributed by atoms with E-state index in [2.05, 4.69) is 49.0 Å². The first kappa shape index (κ1) is 40.9. The summed E-state index contributed by atoms with van der Waals surface area (Å²) in [5.74, 6) is 0.818. The minimum absolute atomic E-state index is 0. The largest absolute Gasteiger partial charge is 1.00 e. The molecule has 0 aromatic carbocycles. The van der Waals surface area contributed by atoms with Gasteiger partial charge >= 0.3 is 103 Å². The molecular weight excluding hydrogens is 590 g/mol. The van der Waals surface area contributed by atoms with Gasteiger partial charge in [0.15, 0.2) is 0 Å². The second-order valence-electron chi connectivity index (χ2n) is 7.76. The molecule has 2 aliphatic heterocycles. The van der Waals surface area contributed by atoms with Crippen LogP contribution in [0.1, 0.15) is 1.43 Å². The molecule has 2 fully saturated rings. The van der Waals surface area contributed by atoms with Gasteiger partial charge in [0, 0.05) is 64.5 Å². The Bertz CT molecular complexity index is 957. The van der Waals surface area contributed by atoms with E-state index in [1.54, 1.807) is 6.07 Å². The van der Waals surface area contributed by atoms with E-state index >= 15 is 0 Å². The second-order valence-corrected chi connectivity index (χ2v) is 8.15. The Morgan fingerprint density at radius 3 is 1.69 bits per heavy atom. The molecule has 0 unspecified atom stereocenters. The monoisotopic (exact) mass is 620 g/mol. The van der Waals surface area contributed by atoms with E-state index in [4.69, 9.17) is 21.7 Å². The average Bonchev–Trinajstić information content (AvgIpc) is 2.91. The fraction of sp³-hybridized carbons (Fsp3) is 0.476. The zero-order valence-corrected chi connectivity index (χ0v) is 29.6. The number of nitrogens with zero attached hydrogens (tertiary/aromatic N) is 7. The maximum Gasteiger partial charge on any atom is 1.00 e. The minimum atomic E-state index is -0.524. The van der Waals surface area contributed by atoms with Crippen molar-refractivity contribution in [3.05, 3.63) is 62.0 Å². The van der Waals surface area contributed by atoms with Gasteiger partial charge in [-0.05, 0) is 26.2 Å². The van der Waals surface area contributed by atoms with Crippen molar-refractivity contribution in [1.29, 1.82) is 0 Å². The van der Waals surface area contributed by atoms with E-state index in [-0.39, 0.29) is 127 Å². The molecule has 1 N–H and O–H groups in total. The van der Waals surface area contributed by atoms with Crippen molar-refractivity contribution in [2.24, 2.45) is 0 Å². The molecule has 4 rings (SSSR count). The van der Waals surface area contributed by atoms with E-state index in [9.17, 15) is 20.2 Å². The first-order valence-electron chi connectivity index (χ1n) is 11.1. The summed E-state index contributed by atoms with van der Waals surface area (Å²) in [4.78, 5) is 45.2. The van der Waals surface area contributed by atoms with Gasteiger partial charge in [0.2, 0.25) is 0 Å². The third kappa shape index (κ3) is 18.8. The first-order chi connectivity index (χ1) is 17.7. The molecule has 2 aliphatic rings. The zero-order valence-electron chi connectivity index (χ0n) is 23.6. The number of aromatic nitrogens is 2. The van der Waals surface area contributed by atoms with E-state index in [0.717, 1.165) is 51.3 Å². The molecule has 0 saturated carbocycles. The number of halogens is 1. The zero-order chi connectivity index (χ0) is 27.6. The number of rotatable bonds is 4. The Morgan fingerprint density at radius 2 is 1.36 bits per heavy atom. The van der Waals surface area contributed by atoms with Gasteiger partial charge in [-0.3, -0.25) is 25.0 Å². The number of anilines is 1. The number of nitro groups is 2. The van der Waals surface area contributed by atoms with E-state index in [1.165, 1.54) is 37.5 Å². The van der Waals surface area contributed by atoms with Crippen molar-refractivity contribution < 1.29 is 129 Å². The molecule has 0 spiro atoms. The van der Waals surface area contributed by atoms with Crippen LogP contribution in [0.4, 0.5) is 17.2 Å². The number of hydrogen-bond acceptors (Lipinski definition) is 13. The third-order valence-electron chi connectivity index (χ3n) is 5.07. The molecule has 0 aliphatic carbocycles. The van der Waals surface area contributed by atoms with Gasteiger partial charge in [0.05, 0.1) is 9.85 Å². The first-order valence-corrected chi connectivity index (χ1v) is 11.5. The summed E-state index contributed by atoms with van der Waals surface area (Å²) in [6.45, 7) is 8.40. The quantitative estimate of drug-likeness (QED) is 0.0853. The Morgan fingerprint density at radius 1 is 0.897 bits per heavy atom. The maximum atomic E-state index is 10.5. The number of nitrogens with one attached hydrogen (secondary N) is 1. The summed E-state index contributed by atoms with van der Waals surface area (Å²) in [7, 11) is 4.24. The molecule has 39 heavy (non-hydrogen) atoms. The van der Waals surface area contributed by atoms with Gasteiger partial charge in [-0.15, -0.1) is 0 Å². The Balaban J connectivity index is -0.000000495. The van der Waals surface area contributed by atoms with E-state index in [0.29, 0.717) is 0 Å². The van der Waals surface area contributed by atoms with Gasteiger partial charge in [-0.2, -0.15) is 0 Å². The van der Waals surface area contributed by atoms with Gasteiger partial charge in [-0.1, -0.05) is 11.6 Å². The second kappa shape index (κ2) is 24.4. The molecule has 0 bridgehead atoms. The maximum absolute atomic E-state index is 10.5. The summed E-state index contributed by atoms with van der Waals surface area (Å²) < 4.78 is 0. The number of carbonyl (C=O) groups is 1. The molecule has 0 radical (unpaired) electrons. The molecule has 206 valence electrons. The van der Waals surface area contributed by atoms with Crippen molar-refractivity contribution in [3.8, 4) is 0 Å². The van der Waals surface area contributed by atoms with Crippen LogP contribution in [0, 0.1) is 20.2 Å². The van der Waals surface area contributed by atoms with Crippen molar-refractivity contribution in [3.63, 3.8) is 0 Å². The number of hydrogen-bond donors (Lipinski definition) is 1. The summed E-state index contributed by atoms with van der Waals surface area (Å²) in [5, 5.41) is 32.5. The number of likely N-dealkylation sites (N-methyl/N-ethyl adjacent to an activating group) is 2. The molecular formula is C21H31ClK2N8O7. The van der Waals surface area contributed by atoms with E-state index < -0.39 is 9.85 Å². The third-order valence-corrected chi connectivity index (χ3v) is 5.30. The van der Waals surface area contributed by atoms with Gasteiger partial charge in [0.25, 0.3) is 17.8 Å². The van der Waals surface area contributed by atoms with Crippen molar-refractivity contribution in [2.45, 2.75) is 0 Å². The number of piperazine rings is 2. The van der Waals surface area contributed by atoms with Gasteiger partial charge < -0.3 is 31.6 Å². The number of pyridine rings is 2.